The van der Waals surface area contributed by atoms with E-state index in [1.54, 1.807) is 24.8 Å². The second-order valence-electron chi connectivity index (χ2n) is 5.20. The molecule has 2 aromatic heterocycles. The van der Waals surface area contributed by atoms with Crippen molar-refractivity contribution in [3.05, 3.63) is 47.5 Å². The van der Waals surface area contributed by atoms with Crippen molar-refractivity contribution in [3.63, 3.8) is 0 Å². The van der Waals surface area contributed by atoms with Gasteiger partial charge in [-0.3, -0.25) is 0 Å². The van der Waals surface area contributed by atoms with Crippen LogP contribution in [-0.2, 0) is 0 Å². The van der Waals surface area contributed by atoms with Gasteiger partial charge in [-0.2, -0.15) is 5.10 Å². The minimum atomic E-state index is 0.585. The molecule has 0 atom stereocenters. The van der Waals surface area contributed by atoms with Gasteiger partial charge in [0.15, 0.2) is 16.9 Å². The molecule has 24 heavy (non-hydrogen) atoms. The molecule has 4 rings (SSSR count). The van der Waals surface area contributed by atoms with Crippen LogP contribution >= 0.6 is 11.6 Å². The number of hydrogen-bond acceptors (Lipinski definition) is 5. The smallest absolute Gasteiger partial charge is 0.178 e. The van der Waals surface area contributed by atoms with E-state index in [-0.39, 0.29) is 0 Å². The predicted octanol–water partition coefficient (Wildman–Crippen LogP) is 3.62. The Morgan fingerprint density at radius 3 is 2.46 bits per heavy atom. The molecule has 0 bridgehead atoms. The van der Waals surface area contributed by atoms with Gasteiger partial charge < -0.3 is 9.47 Å². The minimum Gasteiger partial charge on any atom is -0.497 e. The van der Waals surface area contributed by atoms with Crippen LogP contribution in [0, 0.1) is 0 Å². The quantitative estimate of drug-likeness (QED) is 0.570. The van der Waals surface area contributed by atoms with Gasteiger partial charge in [0.1, 0.15) is 11.3 Å². The van der Waals surface area contributed by atoms with Gasteiger partial charge in [-0.1, -0.05) is 23.7 Å². The Hall–Kier alpha value is -2.86. The average molecular weight is 341 g/mol. The fourth-order valence-corrected chi connectivity index (χ4v) is 2.71. The average Bonchev–Trinajstić information content (AvgIpc) is 3.05. The molecular formula is C17H13ClN4O2. The predicted molar refractivity (Wildman–Crippen MR) is 91.8 cm³/mol. The lowest BCUT2D eigenvalue weighted by Gasteiger charge is -2.08. The molecule has 0 saturated heterocycles. The summed E-state index contributed by atoms with van der Waals surface area (Å²) in [6.07, 6.45) is 0. The zero-order chi connectivity index (χ0) is 16.7. The lowest BCUT2D eigenvalue weighted by atomic mass is 10.2. The van der Waals surface area contributed by atoms with Crippen LogP contribution in [0.25, 0.3) is 27.9 Å². The number of benzene rings is 2. The number of hydrogen-bond donors (Lipinski definition) is 0. The summed E-state index contributed by atoms with van der Waals surface area (Å²) < 4.78 is 12.5. The largest absolute Gasteiger partial charge is 0.497 e. The first-order valence-electron chi connectivity index (χ1n) is 7.24. The maximum Gasteiger partial charge on any atom is 0.178 e. The molecule has 0 radical (unpaired) electrons. The first kappa shape index (κ1) is 14.7. The first-order valence-corrected chi connectivity index (χ1v) is 7.61. The van der Waals surface area contributed by atoms with Crippen LogP contribution in [0.1, 0.15) is 0 Å². The molecular weight excluding hydrogens is 328 g/mol. The van der Waals surface area contributed by atoms with Crippen molar-refractivity contribution in [2.75, 3.05) is 14.2 Å². The number of aromatic nitrogens is 4. The second-order valence-corrected chi connectivity index (χ2v) is 5.64. The van der Waals surface area contributed by atoms with Crippen LogP contribution in [0.15, 0.2) is 42.5 Å². The molecule has 0 unspecified atom stereocenters. The van der Waals surface area contributed by atoms with E-state index in [1.165, 1.54) is 0 Å². The maximum atomic E-state index is 5.95. The third-order valence-corrected chi connectivity index (χ3v) is 4.05. The molecule has 2 heterocycles. The Labute approximate surface area is 142 Å². The summed E-state index contributed by atoms with van der Waals surface area (Å²) in [4.78, 5) is 0. The van der Waals surface area contributed by atoms with E-state index in [0.29, 0.717) is 27.7 Å². The lowest BCUT2D eigenvalue weighted by molar-refractivity contribution is 0.397. The third-order valence-electron chi connectivity index (χ3n) is 3.80. The maximum absolute atomic E-state index is 5.95. The van der Waals surface area contributed by atoms with Crippen LogP contribution in [0.5, 0.6) is 11.5 Å². The van der Waals surface area contributed by atoms with Gasteiger partial charge in [0.2, 0.25) is 0 Å². The van der Waals surface area contributed by atoms with Gasteiger partial charge in [0, 0.05) is 28.8 Å². The first-order chi connectivity index (χ1) is 11.7. The normalized spacial score (nSPS) is 11.1. The number of nitrogens with zero attached hydrogens (tertiary/aromatic N) is 4. The molecule has 4 aromatic rings. The van der Waals surface area contributed by atoms with Crippen LogP contribution in [-0.4, -0.2) is 34.0 Å². The molecule has 0 aliphatic rings. The Morgan fingerprint density at radius 2 is 1.75 bits per heavy atom. The van der Waals surface area contributed by atoms with E-state index in [0.717, 1.165) is 16.8 Å². The van der Waals surface area contributed by atoms with Gasteiger partial charge in [0.05, 0.1) is 19.9 Å². The summed E-state index contributed by atoms with van der Waals surface area (Å²) >= 11 is 5.95. The van der Waals surface area contributed by atoms with E-state index < -0.39 is 0 Å². The minimum absolute atomic E-state index is 0.585. The number of ether oxygens (including phenoxy) is 2. The number of halogens is 1. The highest BCUT2D eigenvalue weighted by molar-refractivity contribution is 6.30. The highest BCUT2D eigenvalue weighted by Crippen LogP contribution is 2.30. The SMILES string of the molecule is COc1cc(OC)c2nnc3cc(-c4ccc(Cl)cc4)nn3c2c1. The van der Waals surface area contributed by atoms with Crippen molar-refractivity contribution in [1.29, 1.82) is 0 Å². The fraction of sp³-hybridized carbons (Fsp3) is 0.118. The second kappa shape index (κ2) is 5.65. The lowest BCUT2D eigenvalue weighted by Crippen LogP contribution is -1.99. The van der Waals surface area contributed by atoms with Crippen LogP contribution < -0.4 is 9.47 Å². The summed E-state index contributed by atoms with van der Waals surface area (Å²) in [6, 6.07) is 13.0. The van der Waals surface area contributed by atoms with Crippen molar-refractivity contribution >= 4 is 28.3 Å². The van der Waals surface area contributed by atoms with Crippen molar-refractivity contribution in [1.82, 2.24) is 19.8 Å². The molecule has 0 aliphatic carbocycles. The van der Waals surface area contributed by atoms with Crippen molar-refractivity contribution < 1.29 is 9.47 Å². The number of rotatable bonds is 3. The zero-order valence-corrected chi connectivity index (χ0v) is 13.8. The Balaban J connectivity index is 1.99. The van der Waals surface area contributed by atoms with E-state index in [1.807, 2.05) is 36.4 Å². The highest BCUT2D eigenvalue weighted by Gasteiger charge is 2.14. The molecule has 0 spiro atoms. The molecule has 0 fully saturated rings. The van der Waals surface area contributed by atoms with E-state index in [9.17, 15) is 0 Å². The van der Waals surface area contributed by atoms with Gasteiger partial charge in [0.25, 0.3) is 0 Å². The van der Waals surface area contributed by atoms with Gasteiger partial charge >= 0.3 is 0 Å². The van der Waals surface area contributed by atoms with Gasteiger partial charge in [-0.05, 0) is 12.1 Å². The molecule has 7 heteroatoms. The van der Waals surface area contributed by atoms with Crippen molar-refractivity contribution in [2.45, 2.75) is 0 Å². The monoisotopic (exact) mass is 340 g/mol. The summed E-state index contributed by atoms with van der Waals surface area (Å²) in [5.41, 5.74) is 3.76. The number of fused-ring (bicyclic) bond motifs is 3. The summed E-state index contributed by atoms with van der Waals surface area (Å²) in [6.45, 7) is 0. The molecule has 120 valence electrons. The fourth-order valence-electron chi connectivity index (χ4n) is 2.59. The molecule has 0 saturated carbocycles. The van der Waals surface area contributed by atoms with Crippen LogP contribution in [0.4, 0.5) is 0 Å². The van der Waals surface area contributed by atoms with Crippen LogP contribution in [0.2, 0.25) is 5.02 Å². The van der Waals surface area contributed by atoms with E-state index in [2.05, 4.69) is 15.3 Å². The summed E-state index contributed by atoms with van der Waals surface area (Å²) in [5, 5.41) is 13.8. The van der Waals surface area contributed by atoms with Gasteiger partial charge in [-0.25, -0.2) is 4.52 Å². The highest BCUT2D eigenvalue weighted by atomic mass is 35.5. The van der Waals surface area contributed by atoms with Crippen molar-refractivity contribution in [2.24, 2.45) is 0 Å². The third kappa shape index (κ3) is 2.32. The zero-order valence-electron chi connectivity index (χ0n) is 13.0. The Morgan fingerprint density at radius 1 is 0.958 bits per heavy atom. The van der Waals surface area contributed by atoms with E-state index >= 15 is 0 Å². The molecule has 0 aliphatic heterocycles. The number of methoxy groups -OCH3 is 2. The van der Waals surface area contributed by atoms with Crippen molar-refractivity contribution in [3.8, 4) is 22.8 Å². The van der Waals surface area contributed by atoms with E-state index in [4.69, 9.17) is 21.1 Å². The Bertz CT molecular complexity index is 1040. The topological polar surface area (TPSA) is 61.5 Å². The van der Waals surface area contributed by atoms with Crippen LogP contribution in [0.3, 0.4) is 0 Å². The summed E-state index contributed by atoms with van der Waals surface area (Å²) in [7, 11) is 3.19. The molecule has 6 nitrogen and oxygen atoms in total. The summed E-state index contributed by atoms with van der Waals surface area (Å²) in [5.74, 6) is 1.25. The molecule has 0 amide bonds. The molecule has 2 aromatic carbocycles. The standard InChI is InChI=1S/C17H13ClN4O2/c1-23-12-7-14-17(15(8-12)24-2)20-19-16-9-13(21-22(14)16)10-3-5-11(18)6-4-10/h3-9H,1-2H3. The molecule has 0 N–H and O–H groups in total. The Kier molecular flexibility index (Phi) is 3.46. The van der Waals surface area contributed by atoms with Gasteiger partial charge in [-0.15, -0.1) is 10.2 Å².